The molecular weight excluding hydrogens is 1090 g/mol. The van der Waals surface area contributed by atoms with Crippen LogP contribution in [0.2, 0.25) is 0 Å². The summed E-state index contributed by atoms with van der Waals surface area (Å²) < 4.78 is 24.0. The number of benzene rings is 1. The van der Waals surface area contributed by atoms with Gasteiger partial charge >= 0.3 is 0 Å². The van der Waals surface area contributed by atoms with Crippen molar-refractivity contribution >= 4 is 47.0 Å². The SMILES string of the molecule is C[C@H]1O[C@@H](O[C@@H]2C(O)[C@H](O)C(N=C(N)N)C(O)[C@@H]2N=C(N)N)C(O[C@@H]2OC(CO)[C@H](O)[C@H](O)C2N(C)CCNC(=O)CCC(=O)NCCNC2C(=O)C(C(N)=O)=C(O)[C@@]3(O)C(=O)C4=C(O)c5c(O)cccc5[C@@](C)(O)[C@H]4C[C@@H]23)[C@]1(O)CO. The van der Waals surface area contributed by atoms with Gasteiger partial charge in [0, 0.05) is 56.4 Å². The number of primary amides is 1. The Morgan fingerprint density at radius 2 is 1.43 bits per heavy atom. The molecule has 82 heavy (non-hydrogen) atoms. The van der Waals surface area contributed by atoms with Crippen molar-refractivity contribution in [1.29, 1.82) is 0 Å². The van der Waals surface area contributed by atoms with Gasteiger partial charge in [0.2, 0.25) is 17.6 Å². The summed E-state index contributed by atoms with van der Waals surface area (Å²) in [5.41, 5.74) is 18.3. The monoisotopic (exact) mass is 1170 g/mol. The van der Waals surface area contributed by atoms with Gasteiger partial charge in [-0.15, -0.1) is 0 Å². The smallest absolute Gasteiger partial charge is 0.255 e. The lowest BCUT2D eigenvalue weighted by atomic mass is 9.54. The number of guanidine groups is 2. The zero-order chi connectivity index (χ0) is 60.8. The average molecular weight is 1170 g/mol. The lowest BCUT2D eigenvalue weighted by Gasteiger charge is -2.52. The van der Waals surface area contributed by atoms with Crippen molar-refractivity contribution in [2.45, 2.75) is 142 Å². The van der Waals surface area contributed by atoms with Crippen LogP contribution in [0.25, 0.3) is 5.76 Å². The fraction of sp³-hybridized carbons (Fsp3) is 0.653. The molecule has 20 atom stereocenters. The van der Waals surface area contributed by atoms with Crippen LogP contribution in [0.5, 0.6) is 5.75 Å². The van der Waals surface area contributed by atoms with Crippen LogP contribution in [0, 0.1) is 11.8 Å². The number of carbonyl (C=O) groups is 5. The Balaban J connectivity index is 0.960. The van der Waals surface area contributed by atoms with Crippen molar-refractivity contribution in [3.63, 3.8) is 0 Å². The molecule has 6 aliphatic rings. The summed E-state index contributed by atoms with van der Waals surface area (Å²) in [6.45, 7) is -0.108. The molecule has 0 aromatic heterocycles. The highest BCUT2D eigenvalue weighted by atomic mass is 16.8. The van der Waals surface area contributed by atoms with E-state index >= 15 is 0 Å². The van der Waals surface area contributed by atoms with Gasteiger partial charge < -0.3 is 130 Å². The van der Waals surface area contributed by atoms with Crippen molar-refractivity contribution < 1.29 is 109 Å². The van der Waals surface area contributed by atoms with Gasteiger partial charge in [0.25, 0.3) is 5.91 Å². The number of Topliss-reactive ketones (excluding diaryl/α,β-unsaturated/α-hetero) is 2. The molecule has 456 valence electrons. The lowest BCUT2D eigenvalue weighted by molar-refractivity contribution is -0.327. The van der Waals surface area contributed by atoms with E-state index < -0.39 is 210 Å². The maximum atomic E-state index is 14.2. The Morgan fingerprint density at radius 3 is 2.02 bits per heavy atom. The normalized spacial score (nSPS) is 38.1. The van der Waals surface area contributed by atoms with E-state index in [0.717, 1.165) is 0 Å². The lowest BCUT2D eigenvalue weighted by Crippen LogP contribution is -2.67. The van der Waals surface area contributed by atoms with E-state index in [1.165, 1.54) is 44.0 Å². The molecule has 0 radical (unpaired) electrons. The molecular formula is C49H73N11O22. The third-order valence-corrected chi connectivity index (χ3v) is 16.3. The number of aliphatic imine (C=N–C) groups is 2. The van der Waals surface area contributed by atoms with Gasteiger partial charge in [-0.1, -0.05) is 12.1 Å². The number of aromatic hydroxyl groups is 1. The summed E-state index contributed by atoms with van der Waals surface area (Å²) in [6, 6.07) is -2.23. The molecule has 33 heteroatoms. The Bertz CT molecular complexity index is 2740. The van der Waals surface area contributed by atoms with E-state index in [2.05, 4.69) is 25.9 Å². The zero-order valence-electron chi connectivity index (χ0n) is 44.6. The molecule has 4 aliphatic carbocycles. The van der Waals surface area contributed by atoms with E-state index in [4.69, 9.17) is 47.6 Å². The molecule has 1 aromatic carbocycles. The predicted molar refractivity (Wildman–Crippen MR) is 277 cm³/mol. The van der Waals surface area contributed by atoms with Crippen LogP contribution in [0.4, 0.5) is 0 Å². The summed E-state index contributed by atoms with van der Waals surface area (Å²) >= 11 is 0. The van der Waals surface area contributed by atoms with Gasteiger partial charge in [-0.05, 0) is 38.9 Å². The number of likely N-dealkylation sites (N-methyl/N-ethyl adjacent to an activating group) is 1. The van der Waals surface area contributed by atoms with Gasteiger partial charge in [-0.3, -0.25) is 28.9 Å². The quantitative estimate of drug-likeness (QED) is 0.0249. The number of aliphatic hydroxyl groups is 12. The van der Waals surface area contributed by atoms with Gasteiger partial charge in [0.05, 0.1) is 42.6 Å². The Hall–Kier alpha value is -6.25. The molecule has 1 aromatic rings. The van der Waals surface area contributed by atoms with Crippen molar-refractivity contribution in [3.8, 4) is 5.75 Å². The standard InChI is InChI=1S/C49H73N11O22/c1-16-48(77,15-62)41(44(79-16)81-38-29(59-46(53)54)34(69)28(58-45(51)52)35(70)37(38)72)82-43-30(36(71)31(66)21(14-61)80-43)60(3)12-11-56-23(65)8-7-22(64)55-9-10-57-27-19-13-18-25(32(67)24-17(47(18,2)76)5-4-6-20(24)63)39(73)49(19,78)40(74)26(33(27)68)42(50)75/h4-6,16,18-19,21,27-31,34-38,41,43-44,57,61-63,66-67,69-72,74,76-78H,7-15H2,1-3H3,(H2,50,75)(H,55,64)(H,56,65)(H4,51,52,58)(H4,53,54,59)/t16-,18+,19+,21?,27?,28?,29+,30?,31+,34?,35-,36-,37?,38+,41?,43+,44+,47-,48+,49+/m1/s1. The summed E-state index contributed by atoms with van der Waals surface area (Å²) in [7, 11) is 1.42. The Morgan fingerprint density at radius 1 is 0.805 bits per heavy atom. The maximum absolute atomic E-state index is 14.2. The molecule has 0 spiro atoms. The number of hydrogen-bond acceptors (Lipinski definition) is 26. The number of nitrogens with one attached hydrogen (secondary N) is 3. The van der Waals surface area contributed by atoms with E-state index in [1.54, 1.807) is 0 Å². The topological polar surface area (TPSA) is 579 Å². The van der Waals surface area contributed by atoms with Crippen LogP contribution in [-0.4, -0.2) is 262 Å². The number of carbonyl (C=O) groups excluding carboxylic acids is 5. The predicted octanol–water partition coefficient (Wildman–Crippen LogP) is -9.97. The molecule has 33 nitrogen and oxygen atoms in total. The second-order valence-corrected chi connectivity index (χ2v) is 21.4. The first-order chi connectivity index (χ1) is 38.4. The fourth-order valence-corrected chi connectivity index (χ4v) is 11.8. The average Bonchev–Trinajstić information content (AvgIpc) is 1.09. The maximum Gasteiger partial charge on any atom is 0.255 e. The third kappa shape index (κ3) is 11.4. The molecule has 7 rings (SSSR count). The number of phenolic OH excluding ortho intramolecular Hbond substituents is 1. The molecule has 2 saturated carbocycles. The number of rotatable bonds is 20. The summed E-state index contributed by atoms with van der Waals surface area (Å²) in [5.74, 6) is -12.0. The van der Waals surface area contributed by atoms with Crippen LogP contribution in [-0.2, 0) is 48.5 Å². The summed E-state index contributed by atoms with van der Waals surface area (Å²) in [6.07, 6.45) is -20.4. The zero-order valence-corrected chi connectivity index (χ0v) is 44.6. The Labute approximate surface area is 466 Å². The third-order valence-electron chi connectivity index (χ3n) is 16.3. The number of hydrogen-bond donors (Lipinski definition) is 21. The second-order valence-electron chi connectivity index (χ2n) is 21.4. The first-order valence-electron chi connectivity index (χ1n) is 26.0. The van der Waals surface area contributed by atoms with Gasteiger partial charge in [-0.25, -0.2) is 9.98 Å². The highest BCUT2D eigenvalue weighted by Crippen LogP contribution is 2.57. The van der Waals surface area contributed by atoms with E-state index in [0.29, 0.717) is 0 Å². The molecule has 7 unspecified atom stereocenters. The minimum atomic E-state index is -3.04. The number of fused-ring (bicyclic) bond motifs is 3. The molecule has 4 fully saturated rings. The molecule has 2 heterocycles. The first kappa shape index (κ1) is 63.3. The molecule has 26 N–H and O–H groups in total. The highest BCUT2D eigenvalue weighted by molar-refractivity contribution is 6.24. The molecule has 2 aliphatic heterocycles. The minimum absolute atomic E-state index is 0.0265. The van der Waals surface area contributed by atoms with Crippen LogP contribution in [0.1, 0.15) is 44.2 Å². The van der Waals surface area contributed by atoms with Crippen molar-refractivity contribution in [3.05, 3.63) is 46.2 Å². The number of phenols is 1. The van der Waals surface area contributed by atoms with Crippen molar-refractivity contribution in [2.75, 3.05) is 46.4 Å². The van der Waals surface area contributed by atoms with E-state index in [9.17, 15) is 90.4 Å². The van der Waals surface area contributed by atoms with Crippen LogP contribution < -0.4 is 44.6 Å². The molecule has 0 bridgehead atoms. The number of aliphatic hydroxyl groups excluding tert-OH is 9. The number of ketones is 2. The van der Waals surface area contributed by atoms with Gasteiger partial charge in [0.15, 0.2) is 35.9 Å². The van der Waals surface area contributed by atoms with Crippen LogP contribution >= 0.6 is 0 Å². The number of nitrogens with two attached hydrogens (primary N) is 5. The van der Waals surface area contributed by atoms with E-state index in [1.807, 2.05) is 0 Å². The fourth-order valence-electron chi connectivity index (χ4n) is 11.8. The minimum Gasteiger partial charge on any atom is -0.508 e. The largest absolute Gasteiger partial charge is 0.508 e. The number of ether oxygens (including phenoxy) is 4. The summed E-state index contributed by atoms with van der Waals surface area (Å²) in [5, 5.41) is 153. The van der Waals surface area contributed by atoms with E-state index in [-0.39, 0.29) is 50.1 Å². The number of nitrogens with zero attached hydrogens (tertiary/aromatic N) is 3. The molecule has 3 amide bonds. The van der Waals surface area contributed by atoms with Crippen LogP contribution in [0.3, 0.4) is 0 Å². The summed E-state index contributed by atoms with van der Waals surface area (Å²) in [4.78, 5) is 75.6. The van der Waals surface area contributed by atoms with Crippen molar-refractivity contribution in [1.82, 2.24) is 20.9 Å². The van der Waals surface area contributed by atoms with Gasteiger partial charge in [0.1, 0.15) is 89.4 Å². The highest BCUT2D eigenvalue weighted by Gasteiger charge is 2.67. The van der Waals surface area contributed by atoms with Gasteiger partial charge in [-0.2, -0.15) is 0 Å². The first-order valence-corrected chi connectivity index (χ1v) is 26.0. The second kappa shape index (κ2) is 24.5. The Kier molecular flexibility index (Phi) is 18.9. The molecule has 2 saturated heterocycles. The van der Waals surface area contributed by atoms with Crippen molar-refractivity contribution in [2.24, 2.45) is 50.5 Å². The van der Waals surface area contributed by atoms with Crippen LogP contribution in [0.15, 0.2) is 45.1 Å². The number of amides is 3.